The lowest BCUT2D eigenvalue weighted by Crippen LogP contribution is -2.25. The van der Waals surface area contributed by atoms with E-state index < -0.39 is 0 Å². The van der Waals surface area contributed by atoms with E-state index in [9.17, 15) is 9.18 Å². The molecule has 0 aliphatic rings. The van der Waals surface area contributed by atoms with Crippen LogP contribution in [0.4, 0.5) is 10.1 Å². The highest BCUT2D eigenvalue weighted by atomic mass is 19.1. The summed E-state index contributed by atoms with van der Waals surface area (Å²) < 4.78 is 12.7. The fraction of sp³-hybridized carbons (Fsp3) is 0.0588. The quantitative estimate of drug-likeness (QED) is 0.636. The Morgan fingerprint density at radius 3 is 2.55 bits per heavy atom. The van der Waals surface area contributed by atoms with Crippen LogP contribution in [-0.2, 0) is 4.79 Å². The third kappa shape index (κ3) is 5.58. The number of rotatable bonds is 6. The second-order valence-corrected chi connectivity index (χ2v) is 4.44. The molecule has 0 aromatic heterocycles. The van der Waals surface area contributed by atoms with Gasteiger partial charge in [0.1, 0.15) is 5.82 Å². The van der Waals surface area contributed by atoms with E-state index in [2.05, 4.69) is 15.8 Å². The van der Waals surface area contributed by atoms with Crippen LogP contribution in [-0.4, -0.2) is 18.7 Å². The first-order chi connectivity index (χ1) is 10.7. The van der Waals surface area contributed by atoms with Crippen molar-refractivity contribution in [3.8, 4) is 0 Å². The van der Waals surface area contributed by atoms with Crippen molar-refractivity contribution in [1.29, 1.82) is 0 Å². The number of nitrogens with one attached hydrogen (secondary N) is 2. The fourth-order valence-electron chi connectivity index (χ4n) is 1.66. The smallest absolute Gasteiger partial charge is 0.259 e. The van der Waals surface area contributed by atoms with E-state index in [1.165, 1.54) is 18.3 Å². The summed E-state index contributed by atoms with van der Waals surface area (Å²) in [5, 5.41) is 6.67. The number of hydrogen-bond donors (Lipinski definition) is 2. The predicted octanol–water partition coefficient (Wildman–Crippen LogP) is 3.05. The molecule has 0 saturated heterocycles. The molecule has 0 unspecified atom stereocenters. The lowest BCUT2D eigenvalue weighted by Gasteiger charge is -2.04. The maximum Gasteiger partial charge on any atom is 0.259 e. The van der Waals surface area contributed by atoms with Crippen molar-refractivity contribution in [2.24, 2.45) is 5.10 Å². The molecule has 1 amide bonds. The zero-order chi connectivity index (χ0) is 15.6. The Balaban J connectivity index is 1.70. The van der Waals surface area contributed by atoms with Gasteiger partial charge in [0.2, 0.25) is 0 Å². The second-order valence-electron chi connectivity index (χ2n) is 4.44. The minimum Gasteiger partial charge on any atom is -0.376 e. The lowest BCUT2D eigenvalue weighted by atomic mass is 10.2. The number of hydrogen-bond acceptors (Lipinski definition) is 3. The highest BCUT2D eigenvalue weighted by Gasteiger charge is 1.99. The van der Waals surface area contributed by atoms with Crippen LogP contribution in [0.3, 0.4) is 0 Å². The molecule has 0 saturated carbocycles. The zero-order valence-corrected chi connectivity index (χ0v) is 11.9. The van der Waals surface area contributed by atoms with Crippen molar-refractivity contribution < 1.29 is 9.18 Å². The maximum atomic E-state index is 12.7. The van der Waals surface area contributed by atoms with E-state index in [0.717, 1.165) is 5.56 Å². The molecule has 5 heteroatoms. The standard InChI is InChI=1S/C17H16FN3O/c18-15-8-10-16(11-9-15)19-13-17(22)21-20-12-4-7-14-5-2-1-3-6-14/h1-12,19H,13H2,(H,21,22)/b7-4+,20-12-. The van der Waals surface area contributed by atoms with Crippen LogP contribution in [0, 0.1) is 5.82 Å². The van der Waals surface area contributed by atoms with Crippen LogP contribution in [0.25, 0.3) is 6.08 Å². The number of carbonyl (C=O) groups excluding carboxylic acids is 1. The summed E-state index contributed by atoms with van der Waals surface area (Å²) in [6, 6.07) is 15.5. The molecule has 2 aromatic rings. The zero-order valence-electron chi connectivity index (χ0n) is 11.9. The van der Waals surface area contributed by atoms with Gasteiger partial charge in [-0.05, 0) is 35.9 Å². The van der Waals surface area contributed by atoms with Crippen LogP contribution < -0.4 is 10.7 Å². The van der Waals surface area contributed by atoms with Crippen LogP contribution in [0.2, 0.25) is 0 Å². The number of hydrazone groups is 1. The van der Waals surface area contributed by atoms with Crippen molar-refractivity contribution >= 4 is 23.9 Å². The van der Waals surface area contributed by atoms with E-state index in [0.29, 0.717) is 5.69 Å². The second kappa shape index (κ2) is 8.36. The maximum absolute atomic E-state index is 12.7. The predicted molar refractivity (Wildman–Crippen MR) is 87.0 cm³/mol. The summed E-state index contributed by atoms with van der Waals surface area (Å²) in [6.45, 7) is 0.0609. The van der Waals surface area contributed by atoms with Gasteiger partial charge < -0.3 is 5.32 Å². The summed E-state index contributed by atoms with van der Waals surface area (Å²) in [6.07, 6.45) is 5.12. The largest absolute Gasteiger partial charge is 0.376 e. The fourth-order valence-corrected chi connectivity index (χ4v) is 1.66. The van der Waals surface area contributed by atoms with Gasteiger partial charge in [-0.2, -0.15) is 5.10 Å². The molecule has 0 aliphatic carbocycles. The molecule has 112 valence electrons. The van der Waals surface area contributed by atoms with Crippen LogP contribution in [0.1, 0.15) is 5.56 Å². The molecule has 0 atom stereocenters. The normalized spacial score (nSPS) is 11.0. The molecule has 0 radical (unpaired) electrons. The van der Waals surface area contributed by atoms with E-state index in [4.69, 9.17) is 0 Å². The lowest BCUT2D eigenvalue weighted by molar-refractivity contribution is -0.119. The van der Waals surface area contributed by atoms with E-state index in [-0.39, 0.29) is 18.3 Å². The Kier molecular flexibility index (Phi) is 5.87. The molecule has 0 fully saturated rings. The number of halogens is 1. The molecule has 2 N–H and O–H groups in total. The number of amides is 1. The molecule has 2 aromatic carbocycles. The van der Waals surface area contributed by atoms with Gasteiger partial charge in [-0.15, -0.1) is 0 Å². The van der Waals surface area contributed by atoms with Crippen molar-refractivity contribution in [2.75, 3.05) is 11.9 Å². The van der Waals surface area contributed by atoms with Gasteiger partial charge >= 0.3 is 0 Å². The molecule has 0 aliphatic heterocycles. The third-order valence-corrected chi connectivity index (χ3v) is 2.74. The van der Waals surface area contributed by atoms with E-state index >= 15 is 0 Å². The Labute approximate surface area is 128 Å². The summed E-state index contributed by atoms with van der Waals surface area (Å²) in [4.78, 5) is 11.5. The van der Waals surface area contributed by atoms with Gasteiger partial charge in [0.15, 0.2) is 0 Å². The Hall–Kier alpha value is -2.95. The highest BCUT2D eigenvalue weighted by Crippen LogP contribution is 2.07. The number of nitrogens with zero attached hydrogens (tertiary/aromatic N) is 1. The number of benzene rings is 2. The highest BCUT2D eigenvalue weighted by molar-refractivity contribution is 5.83. The first-order valence-corrected chi connectivity index (χ1v) is 6.77. The van der Waals surface area contributed by atoms with Crippen molar-refractivity contribution in [2.45, 2.75) is 0 Å². The van der Waals surface area contributed by atoms with Crippen LogP contribution in [0.15, 0.2) is 65.8 Å². The molecular formula is C17H16FN3O. The molecule has 2 rings (SSSR count). The average Bonchev–Trinajstić information content (AvgIpc) is 2.55. The van der Waals surface area contributed by atoms with Gasteiger partial charge in [0, 0.05) is 11.9 Å². The average molecular weight is 297 g/mol. The van der Waals surface area contributed by atoms with Gasteiger partial charge in [-0.3, -0.25) is 4.79 Å². The van der Waals surface area contributed by atoms with E-state index in [1.807, 2.05) is 36.4 Å². The Morgan fingerprint density at radius 1 is 1.09 bits per heavy atom. The Bertz CT molecular complexity index is 651. The third-order valence-electron chi connectivity index (χ3n) is 2.74. The van der Waals surface area contributed by atoms with Gasteiger partial charge in [0.05, 0.1) is 6.54 Å². The summed E-state index contributed by atoms with van der Waals surface area (Å²) >= 11 is 0. The summed E-state index contributed by atoms with van der Waals surface area (Å²) in [5.41, 5.74) is 4.12. The molecular weight excluding hydrogens is 281 g/mol. The van der Waals surface area contributed by atoms with Crippen molar-refractivity contribution in [3.05, 3.63) is 72.1 Å². The topological polar surface area (TPSA) is 53.5 Å². The monoisotopic (exact) mass is 297 g/mol. The van der Waals surface area contributed by atoms with Gasteiger partial charge in [-0.25, -0.2) is 9.82 Å². The van der Waals surface area contributed by atoms with Gasteiger partial charge in [-0.1, -0.05) is 36.4 Å². The number of anilines is 1. The number of allylic oxidation sites excluding steroid dienone is 1. The minimum atomic E-state index is -0.315. The van der Waals surface area contributed by atoms with Crippen molar-refractivity contribution in [1.82, 2.24) is 5.43 Å². The van der Waals surface area contributed by atoms with Crippen LogP contribution in [0.5, 0.6) is 0 Å². The molecule has 0 heterocycles. The van der Waals surface area contributed by atoms with E-state index in [1.54, 1.807) is 18.2 Å². The van der Waals surface area contributed by atoms with Gasteiger partial charge in [0.25, 0.3) is 5.91 Å². The molecule has 4 nitrogen and oxygen atoms in total. The first kappa shape index (κ1) is 15.4. The van der Waals surface area contributed by atoms with Crippen LogP contribution >= 0.6 is 0 Å². The van der Waals surface area contributed by atoms with Crippen molar-refractivity contribution in [3.63, 3.8) is 0 Å². The summed E-state index contributed by atoms with van der Waals surface area (Å²) in [5.74, 6) is -0.599. The Morgan fingerprint density at radius 2 is 1.82 bits per heavy atom. The molecule has 0 bridgehead atoms. The summed E-state index contributed by atoms with van der Waals surface area (Å²) in [7, 11) is 0. The minimum absolute atomic E-state index is 0.0609. The SMILES string of the molecule is O=C(CNc1ccc(F)cc1)N/N=C\C=C\c1ccccc1. The molecule has 22 heavy (non-hydrogen) atoms. The number of carbonyl (C=O) groups is 1. The first-order valence-electron chi connectivity index (χ1n) is 6.77. The molecule has 0 spiro atoms.